The highest BCUT2D eigenvalue weighted by Gasteiger charge is 2.12. The van der Waals surface area contributed by atoms with Gasteiger partial charge < -0.3 is 5.32 Å². The first-order valence-electron chi connectivity index (χ1n) is 6.37. The Morgan fingerprint density at radius 3 is 2.83 bits per heavy atom. The summed E-state index contributed by atoms with van der Waals surface area (Å²) in [5.41, 5.74) is 2.44. The van der Waals surface area contributed by atoms with Gasteiger partial charge in [-0.25, -0.2) is 0 Å². The Kier molecular flexibility index (Phi) is 6.41. The van der Waals surface area contributed by atoms with Gasteiger partial charge in [0.25, 0.3) is 0 Å². The third-order valence-corrected chi connectivity index (χ3v) is 3.33. The van der Waals surface area contributed by atoms with Gasteiger partial charge in [-0.05, 0) is 43.8 Å². The number of rotatable bonds is 7. The van der Waals surface area contributed by atoms with Crippen LogP contribution in [-0.4, -0.2) is 31.6 Å². The van der Waals surface area contributed by atoms with Crippen molar-refractivity contribution < 1.29 is 0 Å². The van der Waals surface area contributed by atoms with Crippen molar-refractivity contribution in [2.75, 3.05) is 26.7 Å². The Labute approximate surface area is 116 Å². The van der Waals surface area contributed by atoms with Crippen molar-refractivity contribution in [2.45, 2.75) is 19.9 Å². The highest BCUT2D eigenvalue weighted by atomic mass is 35.5. The van der Waals surface area contributed by atoms with E-state index in [1.54, 1.807) is 0 Å². The van der Waals surface area contributed by atoms with Crippen molar-refractivity contribution in [2.24, 2.45) is 0 Å². The Balaban J connectivity index is 2.55. The molecule has 1 unspecified atom stereocenters. The van der Waals surface area contributed by atoms with Gasteiger partial charge in [-0.1, -0.05) is 37.2 Å². The monoisotopic (exact) mass is 266 g/mol. The molecule has 0 heterocycles. The second-order valence-corrected chi connectivity index (χ2v) is 5.11. The van der Waals surface area contributed by atoms with E-state index in [9.17, 15) is 0 Å². The standard InChI is InChI=1S/C15H23ClN2/c1-5-17-10-12(2)11-18(4)13(3)14-7-6-8-15(16)9-14/h6-9,13,17H,2,5,10-11H2,1,3-4H3. The molecule has 0 saturated heterocycles. The Morgan fingerprint density at radius 1 is 1.50 bits per heavy atom. The average Bonchev–Trinajstić information content (AvgIpc) is 2.35. The van der Waals surface area contributed by atoms with Crippen molar-refractivity contribution in [1.82, 2.24) is 10.2 Å². The third kappa shape index (κ3) is 4.81. The number of hydrogen-bond acceptors (Lipinski definition) is 2. The molecule has 0 aliphatic carbocycles. The maximum absolute atomic E-state index is 6.02. The van der Waals surface area contributed by atoms with Gasteiger partial charge in [0.15, 0.2) is 0 Å². The van der Waals surface area contributed by atoms with Gasteiger partial charge in [0.2, 0.25) is 0 Å². The van der Waals surface area contributed by atoms with Crippen LogP contribution in [0.4, 0.5) is 0 Å². The molecule has 1 aromatic carbocycles. The molecule has 2 nitrogen and oxygen atoms in total. The van der Waals surface area contributed by atoms with Gasteiger partial charge in [-0.2, -0.15) is 0 Å². The molecule has 0 saturated carbocycles. The third-order valence-electron chi connectivity index (χ3n) is 3.09. The SMILES string of the molecule is C=C(CNCC)CN(C)C(C)c1cccc(Cl)c1. The highest BCUT2D eigenvalue weighted by molar-refractivity contribution is 6.30. The molecule has 0 aliphatic heterocycles. The summed E-state index contributed by atoms with van der Waals surface area (Å²) in [4.78, 5) is 2.28. The molecule has 1 rings (SSSR count). The van der Waals surface area contributed by atoms with Crippen LogP contribution in [-0.2, 0) is 0 Å². The van der Waals surface area contributed by atoms with Gasteiger partial charge in [0.1, 0.15) is 0 Å². The van der Waals surface area contributed by atoms with Crippen LogP contribution in [0.1, 0.15) is 25.5 Å². The van der Waals surface area contributed by atoms with Crippen molar-refractivity contribution >= 4 is 11.6 Å². The summed E-state index contributed by atoms with van der Waals surface area (Å²) in [6.45, 7) is 11.1. The number of likely N-dealkylation sites (N-methyl/N-ethyl adjacent to an activating group) is 2. The molecule has 0 aromatic heterocycles. The van der Waals surface area contributed by atoms with E-state index in [0.29, 0.717) is 6.04 Å². The maximum atomic E-state index is 6.02. The Bertz CT molecular complexity index is 390. The molecular formula is C15H23ClN2. The minimum atomic E-state index is 0.335. The van der Waals surface area contributed by atoms with Crippen molar-refractivity contribution in [3.8, 4) is 0 Å². The summed E-state index contributed by atoms with van der Waals surface area (Å²) in [5, 5.41) is 4.08. The van der Waals surface area contributed by atoms with Crippen LogP contribution in [0.2, 0.25) is 5.02 Å². The predicted octanol–water partition coefficient (Wildman–Crippen LogP) is 3.50. The Hall–Kier alpha value is -0.830. The number of nitrogens with zero attached hydrogens (tertiary/aromatic N) is 1. The topological polar surface area (TPSA) is 15.3 Å². The zero-order chi connectivity index (χ0) is 13.5. The van der Waals surface area contributed by atoms with E-state index in [1.807, 2.05) is 18.2 Å². The van der Waals surface area contributed by atoms with Crippen LogP contribution in [0.15, 0.2) is 36.4 Å². The molecule has 3 heteroatoms. The van der Waals surface area contributed by atoms with Gasteiger partial charge in [0, 0.05) is 24.2 Å². The highest BCUT2D eigenvalue weighted by Crippen LogP contribution is 2.22. The molecule has 0 spiro atoms. The fraction of sp³-hybridized carbons (Fsp3) is 0.467. The number of benzene rings is 1. The van der Waals surface area contributed by atoms with Gasteiger partial charge in [0.05, 0.1) is 0 Å². The molecule has 1 atom stereocenters. The maximum Gasteiger partial charge on any atom is 0.0409 e. The fourth-order valence-corrected chi connectivity index (χ4v) is 2.07. The lowest BCUT2D eigenvalue weighted by Crippen LogP contribution is -2.28. The van der Waals surface area contributed by atoms with Crippen molar-refractivity contribution in [3.05, 3.63) is 47.0 Å². The average molecular weight is 267 g/mol. The number of hydrogen-bond donors (Lipinski definition) is 1. The first-order chi connectivity index (χ1) is 8.54. The molecule has 1 N–H and O–H groups in total. The van der Waals surface area contributed by atoms with Crippen LogP contribution in [0, 0.1) is 0 Å². The Morgan fingerprint density at radius 2 is 2.22 bits per heavy atom. The molecule has 1 aromatic rings. The van der Waals surface area contributed by atoms with Crippen LogP contribution in [0.3, 0.4) is 0 Å². The molecule has 100 valence electrons. The minimum absolute atomic E-state index is 0.335. The van der Waals surface area contributed by atoms with Crippen LogP contribution in [0.5, 0.6) is 0 Å². The lowest BCUT2D eigenvalue weighted by molar-refractivity contribution is 0.282. The first-order valence-corrected chi connectivity index (χ1v) is 6.75. The van der Waals surface area contributed by atoms with E-state index >= 15 is 0 Å². The van der Waals surface area contributed by atoms with Crippen molar-refractivity contribution in [1.29, 1.82) is 0 Å². The second kappa shape index (κ2) is 7.57. The normalized spacial score (nSPS) is 12.7. The molecule has 0 amide bonds. The first kappa shape index (κ1) is 15.2. The van der Waals surface area contributed by atoms with E-state index in [2.05, 4.69) is 43.8 Å². The lowest BCUT2D eigenvalue weighted by Gasteiger charge is -2.26. The largest absolute Gasteiger partial charge is 0.313 e. The van der Waals surface area contributed by atoms with E-state index in [-0.39, 0.29) is 0 Å². The summed E-state index contributed by atoms with van der Waals surface area (Å²) in [5.74, 6) is 0. The summed E-state index contributed by atoms with van der Waals surface area (Å²) in [6.07, 6.45) is 0. The molecule has 0 bridgehead atoms. The van der Waals surface area contributed by atoms with Crippen molar-refractivity contribution in [3.63, 3.8) is 0 Å². The van der Waals surface area contributed by atoms with Gasteiger partial charge in [-0.15, -0.1) is 0 Å². The minimum Gasteiger partial charge on any atom is -0.313 e. The van der Waals surface area contributed by atoms with Gasteiger partial charge in [-0.3, -0.25) is 4.90 Å². The zero-order valence-corrected chi connectivity index (χ0v) is 12.3. The number of halogens is 1. The molecular weight excluding hydrogens is 244 g/mol. The van der Waals surface area contributed by atoms with E-state index < -0.39 is 0 Å². The summed E-state index contributed by atoms with van der Waals surface area (Å²) < 4.78 is 0. The predicted molar refractivity (Wildman–Crippen MR) is 80.2 cm³/mol. The quantitative estimate of drug-likeness (QED) is 0.760. The molecule has 18 heavy (non-hydrogen) atoms. The fourth-order valence-electron chi connectivity index (χ4n) is 1.87. The van der Waals surface area contributed by atoms with Crippen LogP contribution < -0.4 is 5.32 Å². The molecule has 0 aliphatic rings. The molecule has 0 fully saturated rings. The van der Waals surface area contributed by atoms with Crippen LogP contribution in [0.25, 0.3) is 0 Å². The smallest absolute Gasteiger partial charge is 0.0409 e. The van der Waals surface area contributed by atoms with E-state index in [1.165, 1.54) is 11.1 Å². The summed E-state index contributed by atoms with van der Waals surface area (Å²) >= 11 is 6.02. The summed E-state index contributed by atoms with van der Waals surface area (Å²) in [6, 6.07) is 8.37. The summed E-state index contributed by atoms with van der Waals surface area (Å²) in [7, 11) is 2.11. The molecule has 0 radical (unpaired) electrons. The van der Waals surface area contributed by atoms with Crippen LogP contribution >= 0.6 is 11.6 Å². The zero-order valence-electron chi connectivity index (χ0n) is 11.5. The van der Waals surface area contributed by atoms with E-state index in [4.69, 9.17) is 11.6 Å². The number of nitrogens with one attached hydrogen (secondary N) is 1. The lowest BCUT2D eigenvalue weighted by atomic mass is 10.1. The van der Waals surface area contributed by atoms with Gasteiger partial charge >= 0.3 is 0 Å². The second-order valence-electron chi connectivity index (χ2n) is 4.68. The van der Waals surface area contributed by atoms with E-state index in [0.717, 1.165) is 24.7 Å².